The number of methoxy groups -OCH3 is 1. The minimum Gasteiger partial charge on any atom is -0.496 e. The molecule has 0 radical (unpaired) electrons. The van der Waals surface area contributed by atoms with Gasteiger partial charge >= 0.3 is 0 Å². The van der Waals surface area contributed by atoms with Crippen molar-refractivity contribution in [1.29, 1.82) is 0 Å². The molecular formula is C20H29NO4. The third-order valence-corrected chi connectivity index (χ3v) is 4.61. The van der Waals surface area contributed by atoms with Crippen LogP contribution in [0.1, 0.15) is 55.5 Å². The Kier molecular flexibility index (Phi) is 7.44. The molecule has 1 saturated heterocycles. The van der Waals surface area contributed by atoms with Gasteiger partial charge in [-0.05, 0) is 50.8 Å². The second kappa shape index (κ2) is 9.56. The van der Waals surface area contributed by atoms with Gasteiger partial charge in [-0.15, -0.1) is 0 Å². The van der Waals surface area contributed by atoms with Crippen LogP contribution in [0.2, 0.25) is 0 Å². The predicted molar refractivity (Wildman–Crippen MR) is 97.2 cm³/mol. The predicted octanol–water partition coefficient (Wildman–Crippen LogP) is 3.25. The molecule has 0 aliphatic carbocycles. The smallest absolute Gasteiger partial charge is 0.227 e. The summed E-state index contributed by atoms with van der Waals surface area (Å²) in [6.07, 6.45) is 4.39. The molecule has 0 bridgehead atoms. The topological polar surface area (TPSA) is 55.8 Å². The number of ketones is 1. The maximum atomic E-state index is 12.7. The van der Waals surface area contributed by atoms with E-state index in [1.54, 1.807) is 25.3 Å². The average Bonchev–Trinajstić information content (AvgIpc) is 2.85. The van der Waals surface area contributed by atoms with Crippen LogP contribution in [0.5, 0.6) is 5.75 Å². The number of nitrogens with zero attached hydrogens (tertiary/aromatic N) is 1. The first kappa shape index (κ1) is 19.4. The molecule has 1 aliphatic rings. The van der Waals surface area contributed by atoms with Gasteiger partial charge in [-0.25, -0.2) is 0 Å². The lowest BCUT2D eigenvalue weighted by Gasteiger charge is -2.21. The normalized spacial score (nSPS) is 17.9. The molecule has 1 heterocycles. The fourth-order valence-electron chi connectivity index (χ4n) is 3.18. The van der Waals surface area contributed by atoms with E-state index in [4.69, 9.17) is 9.47 Å². The molecule has 5 heteroatoms. The lowest BCUT2D eigenvalue weighted by molar-refractivity contribution is -0.130. The number of ether oxygens (including phenoxy) is 2. The monoisotopic (exact) mass is 347 g/mol. The Bertz CT molecular complexity index is 599. The van der Waals surface area contributed by atoms with Crippen LogP contribution in [-0.4, -0.2) is 49.5 Å². The molecule has 0 saturated carbocycles. The van der Waals surface area contributed by atoms with Crippen LogP contribution in [0, 0.1) is 0 Å². The van der Waals surface area contributed by atoms with E-state index in [0.29, 0.717) is 11.3 Å². The Morgan fingerprint density at radius 2 is 2.04 bits per heavy atom. The van der Waals surface area contributed by atoms with Gasteiger partial charge in [-0.2, -0.15) is 0 Å². The SMILES string of the molecule is CCCOC1CCCN(C(=O)Cc2cc(C(C)=O)ccc2OC)CC1. The largest absolute Gasteiger partial charge is 0.496 e. The molecule has 1 amide bonds. The Morgan fingerprint density at radius 1 is 1.24 bits per heavy atom. The fraction of sp³-hybridized carbons (Fsp3) is 0.600. The molecule has 0 spiro atoms. The van der Waals surface area contributed by atoms with Crippen molar-refractivity contribution in [3.63, 3.8) is 0 Å². The van der Waals surface area contributed by atoms with Gasteiger partial charge in [0.2, 0.25) is 5.91 Å². The summed E-state index contributed by atoms with van der Waals surface area (Å²) in [5.74, 6) is 0.717. The maximum Gasteiger partial charge on any atom is 0.227 e. The number of Topliss-reactive ketones (excluding diaryl/α,β-unsaturated/α-hetero) is 1. The summed E-state index contributed by atoms with van der Waals surface area (Å²) < 4.78 is 11.2. The molecule has 0 aromatic heterocycles. The van der Waals surface area contributed by atoms with Crippen LogP contribution in [0.15, 0.2) is 18.2 Å². The van der Waals surface area contributed by atoms with E-state index in [2.05, 4.69) is 6.92 Å². The number of likely N-dealkylation sites (tertiary alicyclic amines) is 1. The van der Waals surface area contributed by atoms with Crippen molar-refractivity contribution in [1.82, 2.24) is 4.90 Å². The van der Waals surface area contributed by atoms with Crippen LogP contribution in [-0.2, 0) is 16.0 Å². The van der Waals surface area contributed by atoms with E-state index < -0.39 is 0 Å². The van der Waals surface area contributed by atoms with Crippen molar-refractivity contribution in [3.05, 3.63) is 29.3 Å². The Morgan fingerprint density at radius 3 is 2.72 bits per heavy atom. The second-order valence-electron chi connectivity index (χ2n) is 6.56. The first-order valence-electron chi connectivity index (χ1n) is 9.12. The minimum absolute atomic E-state index is 0.0120. The number of benzene rings is 1. The second-order valence-corrected chi connectivity index (χ2v) is 6.56. The molecular weight excluding hydrogens is 318 g/mol. The van der Waals surface area contributed by atoms with Crippen LogP contribution in [0.3, 0.4) is 0 Å². The summed E-state index contributed by atoms with van der Waals surface area (Å²) in [6, 6.07) is 5.26. The van der Waals surface area contributed by atoms with Crippen molar-refractivity contribution < 1.29 is 19.1 Å². The van der Waals surface area contributed by atoms with Crippen molar-refractivity contribution >= 4 is 11.7 Å². The molecule has 1 fully saturated rings. The standard InChI is InChI=1S/C20H29NO4/c1-4-12-25-18-6-5-10-21(11-9-18)20(23)14-17-13-16(15(2)22)7-8-19(17)24-3/h7-8,13,18H,4-6,9-12,14H2,1-3H3. The number of hydrogen-bond acceptors (Lipinski definition) is 4. The number of amides is 1. The summed E-state index contributed by atoms with van der Waals surface area (Å²) in [5.41, 5.74) is 1.37. The first-order chi connectivity index (χ1) is 12.0. The number of rotatable bonds is 7. The van der Waals surface area contributed by atoms with Gasteiger partial charge < -0.3 is 14.4 Å². The van der Waals surface area contributed by atoms with Crippen LogP contribution < -0.4 is 4.74 Å². The summed E-state index contributed by atoms with van der Waals surface area (Å²) in [5, 5.41) is 0. The molecule has 2 rings (SSSR count). The third-order valence-electron chi connectivity index (χ3n) is 4.61. The molecule has 0 N–H and O–H groups in total. The summed E-state index contributed by atoms with van der Waals surface area (Å²) in [6.45, 7) is 5.91. The first-order valence-corrected chi connectivity index (χ1v) is 9.12. The molecule has 1 aromatic carbocycles. The lowest BCUT2D eigenvalue weighted by Crippen LogP contribution is -2.33. The molecule has 138 valence electrons. The molecule has 1 aromatic rings. The fourth-order valence-corrected chi connectivity index (χ4v) is 3.18. The van der Waals surface area contributed by atoms with E-state index in [1.807, 2.05) is 4.90 Å². The van der Waals surface area contributed by atoms with Crippen molar-refractivity contribution in [2.75, 3.05) is 26.8 Å². The molecule has 1 aliphatic heterocycles. The van der Waals surface area contributed by atoms with E-state index in [1.165, 1.54) is 6.92 Å². The minimum atomic E-state index is -0.0120. The van der Waals surface area contributed by atoms with E-state index in [9.17, 15) is 9.59 Å². The number of hydrogen-bond donors (Lipinski definition) is 0. The molecule has 25 heavy (non-hydrogen) atoms. The highest BCUT2D eigenvalue weighted by molar-refractivity contribution is 5.94. The number of carbonyl (C=O) groups is 2. The third kappa shape index (κ3) is 5.56. The lowest BCUT2D eigenvalue weighted by atomic mass is 10.0. The highest BCUT2D eigenvalue weighted by Crippen LogP contribution is 2.22. The van der Waals surface area contributed by atoms with Gasteiger partial charge in [0.05, 0.1) is 19.6 Å². The Balaban J connectivity index is 2.01. The van der Waals surface area contributed by atoms with E-state index in [0.717, 1.165) is 50.9 Å². The van der Waals surface area contributed by atoms with E-state index in [-0.39, 0.29) is 24.2 Å². The Hall–Kier alpha value is -1.88. The van der Waals surface area contributed by atoms with Crippen molar-refractivity contribution in [2.45, 2.75) is 52.1 Å². The van der Waals surface area contributed by atoms with Gasteiger partial charge in [0.15, 0.2) is 5.78 Å². The molecule has 1 atom stereocenters. The highest BCUT2D eigenvalue weighted by atomic mass is 16.5. The van der Waals surface area contributed by atoms with E-state index >= 15 is 0 Å². The highest BCUT2D eigenvalue weighted by Gasteiger charge is 2.22. The van der Waals surface area contributed by atoms with Crippen LogP contribution in [0.4, 0.5) is 0 Å². The molecule has 1 unspecified atom stereocenters. The average molecular weight is 347 g/mol. The summed E-state index contributed by atoms with van der Waals surface area (Å²) in [4.78, 5) is 26.2. The van der Waals surface area contributed by atoms with Crippen LogP contribution >= 0.6 is 0 Å². The van der Waals surface area contributed by atoms with Gasteiger partial charge in [0.25, 0.3) is 0 Å². The zero-order chi connectivity index (χ0) is 18.2. The van der Waals surface area contributed by atoms with Gasteiger partial charge in [-0.3, -0.25) is 9.59 Å². The summed E-state index contributed by atoms with van der Waals surface area (Å²) >= 11 is 0. The quantitative estimate of drug-likeness (QED) is 0.711. The zero-order valence-corrected chi connectivity index (χ0v) is 15.5. The molecule has 5 nitrogen and oxygen atoms in total. The van der Waals surface area contributed by atoms with Gasteiger partial charge in [0, 0.05) is 30.8 Å². The van der Waals surface area contributed by atoms with Crippen molar-refractivity contribution in [2.24, 2.45) is 0 Å². The summed E-state index contributed by atoms with van der Waals surface area (Å²) in [7, 11) is 1.58. The zero-order valence-electron chi connectivity index (χ0n) is 15.5. The van der Waals surface area contributed by atoms with Gasteiger partial charge in [0.1, 0.15) is 5.75 Å². The number of carbonyl (C=O) groups excluding carboxylic acids is 2. The van der Waals surface area contributed by atoms with Crippen LogP contribution in [0.25, 0.3) is 0 Å². The van der Waals surface area contributed by atoms with Crippen molar-refractivity contribution in [3.8, 4) is 5.75 Å². The Labute approximate surface area is 150 Å². The van der Waals surface area contributed by atoms with Gasteiger partial charge in [-0.1, -0.05) is 6.92 Å². The maximum absolute atomic E-state index is 12.7.